The van der Waals surface area contributed by atoms with E-state index in [1.54, 1.807) is 0 Å². The van der Waals surface area contributed by atoms with Gasteiger partial charge in [0.05, 0.1) is 0 Å². The van der Waals surface area contributed by atoms with Gasteiger partial charge in [0.25, 0.3) is 0 Å². The lowest BCUT2D eigenvalue weighted by Crippen LogP contribution is -2.32. The van der Waals surface area contributed by atoms with Crippen LogP contribution < -0.4 is 0 Å². The van der Waals surface area contributed by atoms with Crippen LogP contribution in [0.4, 0.5) is 0 Å². The molecule has 5 heteroatoms. The van der Waals surface area contributed by atoms with Crippen LogP contribution in [0.3, 0.4) is 0 Å². The standard InChI is InChI=1S/C11H17NO3S/c1-7(2)8-6-9(13)12(11(8)15)5-3-4-10(14)16/h7-8H,3-6H2,1-2H3,(H,14,16). The van der Waals surface area contributed by atoms with Crippen LogP contribution in [0, 0.1) is 11.8 Å². The van der Waals surface area contributed by atoms with Crippen LogP contribution in [0.1, 0.15) is 33.1 Å². The smallest absolute Gasteiger partial charge is 0.233 e. The predicted octanol–water partition coefficient (Wildman–Crippen LogP) is 1.25. The molecule has 0 aliphatic carbocycles. The highest BCUT2D eigenvalue weighted by molar-refractivity contribution is 7.96. The number of hydrogen-bond acceptors (Lipinski definition) is 3. The molecule has 0 aromatic rings. The molecule has 0 aromatic heterocycles. The van der Waals surface area contributed by atoms with Crippen molar-refractivity contribution in [2.24, 2.45) is 11.8 Å². The van der Waals surface area contributed by atoms with Crippen LogP contribution in [0.2, 0.25) is 0 Å². The molecule has 1 heterocycles. The van der Waals surface area contributed by atoms with Crippen molar-refractivity contribution < 1.29 is 14.4 Å². The lowest BCUT2D eigenvalue weighted by atomic mass is 9.94. The van der Waals surface area contributed by atoms with Crippen LogP contribution in [0.5, 0.6) is 0 Å². The van der Waals surface area contributed by atoms with Gasteiger partial charge in [-0.05, 0) is 12.3 Å². The Morgan fingerprint density at radius 1 is 1.50 bits per heavy atom. The van der Waals surface area contributed by atoms with Gasteiger partial charge in [-0.15, -0.1) is 12.6 Å². The van der Waals surface area contributed by atoms with E-state index in [9.17, 15) is 14.4 Å². The summed E-state index contributed by atoms with van der Waals surface area (Å²) in [4.78, 5) is 35.3. The van der Waals surface area contributed by atoms with Crippen molar-refractivity contribution in [2.75, 3.05) is 6.54 Å². The van der Waals surface area contributed by atoms with Gasteiger partial charge in [-0.3, -0.25) is 19.3 Å². The fourth-order valence-electron chi connectivity index (χ4n) is 1.85. The quantitative estimate of drug-likeness (QED) is 0.584. The summed E-state index contributed by atoms with van der Waals surface area (Å²) in [6.07, 6.45) is 1.11. The number of likely N-dealkylation sites (tertiary alicyclic amines) is 1. The van der Waals surface area contributed by atoms with Gasteiger partial charge in [-0.25, -0.2) is 0 Å². The van der Waals surface area contributed by atoms with Gasteiger partial charge >= 0.3 is 0 Å². The largest absolute Gasteiger partial charge is 0.288 e. The second-order valence-electron chi connectivity index (χ2n) is 4.44. The van der Waals surface area contributed by atoms with Gasteiger partial charge < -0.3 is 0 Å². The average Bonchev–Trinajstić information content (AvgIpc) is 2.44. The van der Waals surface area contributed by atoms with Crippen LogP contribution in [0.25, 0.3) is 0 Å². The van der Waals surface area contributed by atoms with E-state index in [1.807, 2.05) is 13.8 Å². The molecule has 0 spiro atoms. The van der Waals surface area contributed by atoms with E-state index in [1.165, 1.54) is 4.90 Å². The van der Waals surface area contributed by atoms with Crippen LogP contribution in [0.15, 0.2) is 0 Å². The molecule has 1 unspecified atom stereocenters. The highest BCUT2D eigenvalue weighted by Gasteiger charge is 2.39. The Bertz CT molecular complexity index is 314. The zero-order chi connectivity index (χ0) is 12.3. The summed E-state index contributed by atoms with van der Waals surface area (Å²) in [6.45, 7) is 4.22. The number of carbonyl (C=O) groups excluding carboxylic acids is 3. The van der Waals surface area contributed by atoms with Gasteiger partial charge in [-0.1, -0.05) is 13.8 Å². The normalized spacial score (nSPS) is 21.0. The van der Waals surface area contributed by atoms with Crippen molar-refractivity contribution in [3.63, 3.8) is 0 Å². The summed E-state index contributed by atoms with van der Waals surface area (Å²) in [5.74, 6) is -0.200. The van der Waals surface area contributed by atoms with Gasteiger partial charge in [0.15, 0.2) is 5.12 Å². The summed E-state index contributed by atoms with van der Waals surface area (Å²) in [6, 6.07) is 0. The maximum Gasteiger partial charge on any atom is 0.233 e. The van der Waals surface area contributed by atoms with Gasteiger partial charge in [0, 0.05) is 25.3 Å². The molecule has 2 amide bonds. The van der Waals surface area contributed by atoms with E-state index < -0.39 is 0 Å². The zero-order valence-electron chi connectivity index (χ0n) is 9.60. The third-order valence-corrected chi connectivity index (χ3v) is 3.08. The average molecular weight is 243 g/mol. The maximum absolute atomic E-state index is 11.8. The molecule has 0 N–H and O–H groups in total. The lowest BCUT2D eigenvalue weighted by molar-refractivity contribution is -0.140. The van der Waals surface area contributed by atoms with E-state index in [-0.39, 0.29) is 28.8 Å². The lowest BCUT2D eigenvalue weighted by Gasteiger charge is -2.15. The SMILES string of the molecule is CC(C)C1CC(=O)N(CCCC(=O)S)C1=O. The number of thiol groups is 1. The van der Waals surface area contributed by atoms with Crippen molar-refractivity contribution in [1.29, 1.82) is 0 Å². The fourth-order valence-corrected chi connectivity index (χ4v) is 2.01. The second-order valence-corrected chi connectivity index (χ2v) is 4.93. The van der Waals surface area contributed by atoms with E-state index >= 15 is 0 Å². The van der Waals surface area contributed by atoms with E-state index in [0.29, 0.717) is 25.8 Å². The summed E-state index contributed by atoms with van der Waals surface area (Å²) in [5.41, 5.74) is 0. The first-order chi connectivity index (χ1) is 7.43. The minimum atomic E-state index is -0.209. The predicted molar refractivity (Wildman–Crippen MR) is 62.9 cm³/mol. The fraction of sp³-hybridized carbons (Fsp3) is 0.727. The number of rotatable bonds is 5. The van der Waals surface area contributed by atoms with Gasteiger partial charge in [-0.2, -0.15) is 0 Å². The molecule has 1 saturated heterocycles. The molecule has 0 saturated carbocycles. The van der Waals surface area contributed by atoms with Crippen molar-refractivity contribution in [2.45, 2.75) is 33.1 Å². The van der Waals surface area contributed by atoms with Gasteiger partial charge in [0.2, 0.25) is 11.8 Å². The molecule has 90 valence electrons. The van der Waals surface area contributed by atoms with Crippen molar-refractivity contribution >= 4 is 29.6 Å². The molecule has 4 nitrogen and oxygen atoms in total. The second kappa shape index (κ2) is 5.48. The van der Waals surface area contributed by atoms with Crippen LogP contribution in [-0.4, -0.2) is 28.4 Å². The molecule has 1 atom stereocenters. The molecule has 0 bridgehead atoms. The molecule has 1 fully saturated rings. The zero-order valence-corrected chi connectivity index (χ0v) is 10.5. The van der Waals surface area contributed by atoms with Crippen molar-refractivity contribution in [3.8, 4) is 0 Å². The minimum Gasteiger partial charge on any atom is -0.288 e. The topological polar surface area (TPSA) is 54.5 Å². The Hall–Kier alpha value is -0.840. The van der Waals surface area contributed by atoms with Crippen molar-refractivity contribution in [3.05, 3.63) is 0 Å². The Labute approximate surface area is 101 Å². The molecule has 16 heavy (non-hydrogen) atoms. The molecule has 1 aliphatic heterocycles. The Balaban J connectivity index is 2.51. The molecular formula is C11H17NO3S. The first-order valence-electron chi connectivity index (χ1n) is 5.49. The number of imide groups is 1. The Kier molecular flexibility index (Phi) is 4.53. The highest BCUT2D eigenvalue weighted by Crippen LogP contribution is 2.26. The van der Waals surface area contributed by atoms with Gasteiger partial charge in [0.1, 0.15) is 0 Å². The first kappa shape index (κ1) is 13.2. The third kappa shape index (κ3) is 3.07. The minimum absolute atomic E-state index is 0.0911. The summed E-state index contributed by atoms with van der Waals surface area (Å²) < 4.78 is 0. The summed E-state index contributed by atoms with van der Waals surface area (Å²) in [7, 11) is 0. The van der Waals surface area contributed by atoms with Crippen LogP contribution in [-0.2, 0) is 14.4 Å². The number of amides is 2. The van der Waals surface area contributed by atoms with E-state index in [2.05, 4.69) is 12.6 Å². The Morgan fingerprint density at radius 2 is 2.12 bits per heavy atom. The molecule has 1 rings (SSSR count). The monoisotopic (exact) mass is 243 g/mol. The van der Waals surface area contributed by atoms with Crippen LogP contribution >= 0.6 is 12.6 Å². The maximum atomic E-state index is 11.8. The Morgan fingerprint density at radius 3 is 2.56 bits per heavy atom. The summed E-state index contributed by atoms with van der Waals surface area (Å²) in [5, 5.41) is -0.209. The highest BCUT2D eigenvalue weighted by atomic mass is 32.1. The number of hydrogen-bond donors (Lipinski definition) is 1. The third-order valence-electron chi connectivity index (χ3n) is 2.86. The van der Waals surface area contributed by atoms with Crippen molar-refractivity contribution in [1.82, 2.24) is 4.90 Å². The van der Waals surface area contributed by atoms with E-state index in [4.69, 9.17) is 0 Å². The molecule has 0 radical (unpaired) electrons. The first-order valence-corrected chi connectivity index (χ1v) is 5.94. The molecular weight excluding hydrogens is 226 g/mol. The van der Waals surface area contributed by atoms with E-state index in [0.717, 1.165) is 0 Å². The number of carbonyl (C=O) groups is 3. The molecule has 0 aromatic carbocycles. The summed E-state index contributed by atoms with van der Waals surface area (Å²) >= 11 is 3.64. The number of nitrogens with zero attached hydrogens (tertiary/aromatic N) is 1. The molecule has 1 aliphatic rings.